The maximum atomic E-state index is 13.1. The quantitative estimate of drug-likeness (QED) is 0.683. The van der Waals surface area contributed by atoms with E-state index in [1.165, 1.54) is 6.07 Å². The molecule has 0 radical (unpaired) electrons. The van der Waals surface area contributed by atoms with Gasteiger partial charge >= 0.3 is 0 Å². The summed E-state index contributed by atoms with van der Waals surface area (Å²) >= 11 is 9.85. The zero-order valence-electron chi connectivity index (χ0n) is 9.00. The molecule has 2 rings (SSSR count). The molecule has 0 aliphatic heterocycles. The molecule has 0 saturated carbocycles. The number of hydrogen-bond donors (Lipinski definition) is 1. The second-order valence-electron chi connectivity index (χ2n) is 3.78. The Bertz CT molecular complexity index is 566. The van der Waals surface area contributed by atoms with E-state index < -0.39 is 6.10 Å². The van der Waals surface area contributed by atoms with Crippen LogP contribution >= 0.6 is 47.8 Å². The van der Waals surface area contributed by atoms with Crippen LogP contribution in [0.5, 0.6) is 0 Å². The average Bonchev–Trinajstić information content (AvgIpc) is 2.30. The van der Waals surface area contributed by atoms with Crippen LogP contribution in [0.2, 0.25) is 0 Å². The van der Waals surface area contributed by atoms with E-state index in [4.69, 9.17) is 0 Å². The summed E-state index contributed by atoms with van der Waals surface area (Å²) in [6, 6.07) is 10.0. The van der Waals surface area contributed by atoms with Crippen LogP contribution in [0.4, 0.5) is 4.39 Å². The zero-order chi connectivity index (χ0) is 13.3. The van der Waals surface area contributed by atoms with Crippen molar-refractivity contribution in [1.29, 1.82) is 0 Å². The number of rotatable bonds is 2. The summed E-state index contributed by atoms with van der Waals surface area (Å²) in [6.07, 6.45) is -0.796. The third-order valence-electron chi connectivity index (χ3n) is 2.46. The first-order valence-electron chi connectivity index (χ1n) is 5.06. The number of aliphatic hydroxyl groups excluding tert-OH is 1. The van der Waals surface area contributed by atoms with Crippen molar-refractivity contribution in [1.82, 2.24) is 0 Å². The first-order valence-corrected chi connectivity index (χ1v) is 7.44. The van der Waals surface area contributed by atoms with E-state index in [0.717, 1.165) is 14.5 Å². The Hall–Kier alpha value is -0.230. The molecule has 1 nitrogen and oxygen atoms in total. The average molecular weight is 439 g/mol. The third kappa shape index (κ3) is 3.20. The highest BCUT2D eigenvalue weighted by molar-refractivity contribution is 9.11. The lowest BCUT2D eigenvalue weighted by molar-refractivity contribution is 0.220. The van der Waals surface area contributed by atoms with Gasteiger partial charge in [0.15, 0.2) is 0 Å². The monoisotopic (exact) mass is 436 g/mol. The van der Waals surface area contributed by atoms with Crippen LogP contribution in [0, 0.1) is 5.82 Å². The predicted molar refractivity (Wildman–Crippen MR) is 80.0 cm³/mol. The topological polar surface area (TPSA) is 20.2 Å². The fourth-order valence-electron chi connectivity index (χ4n) is 1.61. The number of benzene rings is 2. The van der Waals surface area contributed by atoms with E-state index in [2.05, 4.69) is 47.8 Å². The fourth-order valence-corrected chi connectivity index (χ4v) is 3.33. The molecule has 0 aliphatic rings. The summed E-state index contributed by atoms with van der Waals surface area (Å²) in [5.74, 6) is -0.346. The van der Waals surface area contributed by atoms with E-state index in [0.29, 0.717) is 10.0 Å². The fraction of sp³-hybridized carbons (Fsp3) is 0.0769. The number of aliphatic hydroxyl groups is 1. The van der Waals surface area contributed by atoms with E-state index >= 15 is 0 Å². The summed E-state index contributed by atoms with van der Waals surface area (Å²) in [6.45, 7) is 0. The Labute approximate surface area is 129 Å². The van der Waals surface area contributed by atoms with Gasteiger partial charge in [0.1, 0.15) is 11.9 Å². The minimum atomic E-state index is -0.796. The molecule has 0 bridgehead atoms. The van der Waals surface area contributed by atoms with Crippen LogP contribution in [0.15, 0.2) is 49.8 Å². The zero-order valence-corrected chi connectivity index (χ0v) is 13.8. The minimum Gasteiger partial charge on any atom is -0.384 e. The summed E-state index contributed by atoms with van der Waals surface area (Å²) < 4.78 is 15.2. The first kappa shape index (κ1) is 14.2. The van der Waals surface area contributed by atoms with Crippen molar-refractivity contribution in [3.63, 3.8) is 0 Å². The number of halogens is 4. The molecule has 2 aromatic carbocycles. The highest BCUT2D eigenvalue weighted by atomic mass is 79.9. The maximum Gasteiger partial charge on any atom is 0.137 e. The van der Waals surface area contributed by atoms with Gasteiger partial charge < -0.3 is 5.11 Å². The van der Waals surface area contributed by atoms with Crippen LogP contribution in [-0.2, 0) is 0 Å². The van der Waals surface area contributed by atoms with Gasteiger partial charge in [-0.1, -0.05) is 37.9 Å². The van der Waals surface area contributed by atoms with Crippen LogP contribution in [0.3, 0.4) is 0 Å². The van der Waals surface area contributed by atoms with Gasteiger partial charge in [0.2, 0.25) is 0 Å². The molecule has 1 atom stereocenters. The normalized spacial score (nSPS) is 12.5. The largest absolute Gasteiger partial charge is 0.384 e. The Morgan fingerprint density at radius 3 is 2.06 bits per heavy atom. The summed E-state index contributed by atoms with van der Waals surface area (Å²) in [5, 5.41) is 10.3. The number of hydrogen-bond acceptors (Lipinski definition) is 1. The maximum absolute atomic E-state index is 13.1. The highest BCUT2D eigenvalue weighted by Crippen LogP contribution is 2.30. The van der Waals surface area contributed by atoms with E-state index in [-0.39, 0.29) is 5.82 Å². The molecule has 94 valence electrons. The van der Waals surface area contributed by atoms with Gasteiger partial charge in [0, 0.05) is 8.95 Å². The van der Waals surface area contributed by atoms with Crippen molar-refractivity contribution in [3.8, 4) is 0 Å². The summed E-state index contributed by atoms with van der Waals surface area (Å²) in [4.78, 5) is 0. The standard InChI is InChI=1S/C13H8Br3FO/c14-9-3-8(4-10(15)6-9)13(18)7-1-2-12(17)11(16)5-7/h1-6,13,18H. The van der Waals surface area contributed by atoms with Crippen molar-refractivity contribution in [3.05, 3.63) is 66.8 Å². The van der Waals surface area contributed by atoms with Gasteiger partial charge in [-0.3, -0.25) is 0 Å². The van der Waals surface area contributed by atoms with Gasteiger partial charge in [0.25, 0.3) is 0 Å². The SMILES string of the molecule is OC(c1cc(Br)cc(Br)c1)c1ccc(F)c(Br)c1. The van der Waals surface area contributed by atoms with E-state index in [1.807, 2.05) is 18.2 Å². The molecule has 0 saturated heterocycles. The Morgan fingerprint density at radius 1 is 0.889 bits per heavy atom. The highest BCUT2D eigenvalue weighted by Gasteiger charge is 2.13. The van der Waals surface area contributed by atoms with Crippen molar-refractivity contribution < 1.29 is 9.50 Å². The van der Waals surface area contributed by atoms with Crippen LogP contribution in [0.25, 0.3) is 0 Å². The summed E-state index contributed by atoms with van der Waals surface area (Å²) in [5.41, 5.74) is 1.36. The molecular weight excluding hydrogens is 431 g/mol. The van der Waals surface area contributed by atoms with Gasteiger partial charge in [0.05, 0.1) is 4.47 Å². The molecule has 5 heteroatoms. The Balaban J connectivity index is 2.40. The molecule has 1 unspecified atom stereocenters. The van der Waals surface area contributed by atoms with Crippen LogP contribution in [0.1, 0.15) is 17.2 Å². The van der Waals surface area contributed by atoms with Crippen molar-refractivity contribution >= 4 is 47.8 Å². The smallest absolute Gasteiger partial charge is 0.137 e. The molecule has 0 aliphatic carbocycles. The van der Waals surface area contributed by atoms with Crippen LogP contribution < -0.4 is 0 Å². The molecular formula is C13H8Br3FO. The second-order valence-corrected chi connectivity index (χ2v) is 6.46. The lowest BCUT2D eigenvalue weighted by atomic mass is 10.0. The Kier molecular flexibility index (Phi) is 4.59. The summed E-state index contributed by atoms with van der Waals surface area (Å²) in [7, 11) is 0. The first-order chi connectivity index (χ1) is 8.47. The van der Waals surface area contributed by atoms with Gasteiger partial charge in [-0.2, -0.15) is 0 Å². The van der Waals surface area contributed by atoms with E-state index in [9.17, 15) is 9.50 Å². The molecule has 0 aromatic heterocycles. The molecule has 1 N–H and O–H groups in total. The molecule has 0 heterocycles. The molecule has 0 fully saturated rings. The van der Waals surface area contributed by atoms with Crippen LogP contribution in [-0.4, -0.2) is 5.11 Å². The second kappa shape index (κ2) is 5.82. The Morgan fingerprint density at radius 2 is 1.50 bits per heavy atom. The molecule has 0 amide bonds. The van der Waals surface area contributed by atoms with Gasteiger partial charge in [-0.25, -0.2) is 4.39 Å². The predicted octanol–water partition coefficient (Wildman–Crippen LogP) is 5.19. The van der Waals surface area contributed by atoms with Crippen molar-refractivity contribution in [2.75, 3.05) is 0 Å². The lowest BCUT2D eigenvalue weighted by Gasteiger charge is -2.13. The lowest BCUT2D eigenvalue weighted by Crippen LogP contribution is -2.00. The molecule has 0 spiro atoms. The van der Waals surface area contributed by atoms with Gasteiger partial charge in [-0.05, 0) is 57.4 Å². The molecule has 18 heavy (non-hydrogen) atoms. The molecule has 2 aromatic rings. The third-order valence-corrected chi connectivity index (χ3v) is 3.98. The van der Waals surface area contributed by atoms with E-state index in [1.54, 1.807) is 12.1 Å². The van der Waals surface area contributed by atoms with Crippen molar-refractivity contribution in [2.45, 2.75) is 6.10 Å². The van der Waals surface area contributed by atoms with Crippen molar-refractivity contribution in [2.24, 2.45) is 0 Å². The van der Waals surface area contributed by atoms with Gasteiger partial charge in [-0.15, -0.1) is 0 Å². The minimum absolute atomic E-state index is 0.341.